The highest BCUT2D eigenvalue weighted by atomic mass is 32.1. The molecule has 7 heteroatoms. The smallest absolute Gasteiger partial charge is 0.241 e. The number of carbonyl (C=O) groups is 1. The van der Waals surface area contributed by atoms with Gasteiger partial charge in [-0.05, 0) is 23.8 Å². The molecular formula is C20H28N4O2S. The van der Waals surface area contributed by atoms with Gasteiger partial charge in [-0.25, -0.2) is 0 Å². The highest BCUT2D eigenvalue weighted by Crippen LogP contribution is 2.27. The van der Waals surface area contributed by atoms with Crippen molar-refractivity contribution in [2.45, 2.75) is 51.5 Å². The van der Waals surface area contributed by atoms with Crippen LogP contribution in [-0.2, 0) is 11.3 Å². The van der Waals surface area contributed by atoms with Gasteiger partial charge in [0.25, 0.3) is 0 Å². The molecule has 0 unspecified atom stereocenters. The molecule has 0 N–H and O–H groups in total. The molecule has 1 saturated heterocycles. The molecule has 3 heterocycles. The molecular weight excluding hydrogens is 360 g/mol. The van der Waals surface area contributed by atoms with Crippen LogP contribution >= 0.6 is 11.3 Å². The zero-order valence-corrected chi connectivity index (χ0v) is 16.6. The Bertz CT molecular complexity index is 716. The fourth-order valence-electron chi connectivity index (χ4n) is 4.14. The normalized spacial score (nSPS) is 19.5. The molecule has 2 fully saturated rings. The van der Waals surface area contributed by atoms with E-state index in [0.717, 1.165) is 50.5 Å². The van der Waals surface area contributed by atoms with Crippen LogP contribution in [0.2, 0.25) is 0 Å². The summed E-state index contributed by atoms with van der Waals surface area (Å²) in [5.41, 5.74) is 1.00. The van der Waals surface area contributed by atoms with Crippen molar-refractivity contribution in [3.63, 3.8) is 0 Å². The Morgan fingerprint density at radius 3 is 2.74 bits per heavy atom. The number of hydrogen-bond donors (Lipinski definition) is 0. The Hall–Kier alpha value is -1.73. The number of thiophene rings is 1. The average Bonchev–Trinajstić information content (AvgIpc) is 3.39. The van der Waals surface area contributed by atoms with Crippen molar-refractivity contribution in [3.8, 4) is 11.4 Å². The molecule has 1 saturated carbocycles. The van der Waals surface area contributed by atoms with E-state index in [9.17, 15) is 4.79 Å². The lowest BCUT2D eigenvalue weighted by molar-refractivity contribution is -0.133. The molecule has 6 nitrogen and oxygen atoms in total. The molecule has 0 bridgehead atoms. The minimum absolute atomic E-state index is 0.331. The molecule has 0 atom stereocenters. The fourth-order valence-corrected chi connectivity index (χ4v) is 4.77. The van der Waals surface area contributed by atoms with Crippen LogP contribution in [0.15, 0.2) is 21.3 Å². The first-order valence-electron chi connectivity index (χ1n) is 10.1. The predicted octanol–water partition coefficient (Wildman–Crippen LogP) is 3.80. The number of nitrogens with zero attached hydrogens (tertiary/aromatic N) is 4. The van der Waals surface area contributed by atoms with E-state index < -0.39 is 0 Å². The zero-order chi connectivity index (χ0) is 18.5. The van der Waals surface area contributed by atoms with Crippen molar-refractivity contribution in [3.05, 3.63) is 22.7 Å². The van der Waals surface area contributed by atoms with Gasteiger partial charge in [0.1, 0.15) is 0 Å². The van der Waals surface area contributed by atoms with Gasteiger partial charge in [-0.1, -0.05) is 37.3 Å². The summed E-state index contributed by atoms with van der Waals surface area (Å²) >= 11 is 1.63. The molecule has 2 aromatic heterocycles. The van der Waals surface area contributed by atoms with Crippen LogP contribution in [-0.4, -0.2) is 52.0 Å². The highest BCUT2D eigenvalue weighted by Gasteiger charge is 2.23. The number of aromatic nitrogens is 2. The molecule has 2 aromatic rings. The standard InChI is InChI=1S/C20H28N4O2S/c25-19(7-6-16-4-2-1-3-5-16)24-11-9-23(10-12-24)14-18-21-20(22-26-18)17-8-13-27-15-17/h8,13,15-16H,1-7,9-12,14H2. The largest absolute Gasteiger partial charge is 0.340 e. The van der Waals surface area contributed by atoms with Crippen molar-refractivity contribution in [1.82, 2.24) is 19.9 Å². The molecule has 0 spiro atoms. The van der Waals surface area contributed by atoms with Crippen LogP contribution in [0.25, 0.3) is 11.4 Å². The Morgan fingerprint density at radius 2 is 2.00 bits per heavy atom. The molecule has 0 aromatic carbocycles. The fraction of sp³-hybridized carbons (Fsp3) is 0.650. The van der Waals surface area contributed by atoms with Gasteiger partial charge >= 0.3 is 0 Å². The second-order valence-electron chi connectivity index (χ2n) is 7.72. The van der Waals surface area contributed by atoms with E-state index >= 15 is 0 Å². The van der Waals surface area contributed by atoms with Gasteiger partial charge in [-0.2, -0.15) is 16.3 Å². The van der Waals surface area contributed by atoms with E-state index in [0.29, 0.717) is 24.2 Å². The summed E-state index contributed by atoms with van der Waals surface area (Å²) in [5, 5.41) is 8.10. The van der Waals surface area contributed by atoms with Crippen LogP contribution in [0.4, 0.5) is 0 Å². The first kappa shape index (κ1) is 18.6. The van der Waals surface area contributed by atoms with E-state index in [1.807, 2.05) is 21.7 Å². The quantitative estimate of drug-likeness (QED) is 0.753. The van der Waals surface area contributed by atoms with Crippen LogP contribution in [0.1, 0.15) is 50.8 Å². The van der Waals surface area contributed by atoms with Crippen LogP contribution in [0, 0.1) is 5.92 Å². The number of amides is 1. The maximum absolute atomic E-state index is 12.5. The lowest BCUT2D eigenvalue weighted by atomic mass is 9.86. The van der Waals surface area contributed by atoms with Gasteiger partial charge in [0, 0.05) is 43.5 Å². The summed E-state index contributed by atoms with van der Waals surface area (Å²) in [6, 6.07) is 2.00. The van der Waals surface area contributed by atoms with Crippen LogP contribution < -0.4 is 0 Å². The second-order valence-corrected chi connectivity index (χ2v) is 8.50. The van der Waals surface area contributed by atoms with E-state index in [4.69, 9.17) is 4.52 Å². The molecule has 2 aliphatic rings. The van der Waals surface area contributed by atoms with E-state index in [1.165, 1.54) is 32.1 Å². The Kier molecular flexibility index (Phi) is 6.19. The number of rotatable bonds is 6. The Balaban J connectivity index is 1.20. The van der Waals surface area contributed by atoms with Crippen molar-refractivity contribution >= 4 is 17.2 Å². The van der Waals surface area contributed by atoms with Gasteiger partial charge in [-0.3, -0.25) is 9.69 Å². The third kappa shape index (κ3) is 4.96. The number of hydrogen-bond acceptors (Lipinski definition) is 6. The first-order chi connectivity index (χ1) is 13.3. The van der Waals surface area contributed by atoms with Crippen LogP contribution in [0.5, 0.6) is 0 Å². The van der Waals surface area contributed by atoms with Crippen molar-refractivity contribution in [1.29, 1.82) is 0 Å². The minimum Gasteiger partial charge on any atom is -0.340 e. The zero-order valence-electron chi connectivity index (χ0n) is 15.8. The van der Waals surface area contributed by atoms with Gasteiger partial charge in [0.2, 0.25) is 17.6 Å². The van der Waals surface area contributed by atoms with E-state index in [-0.39, 0.29) is 0 Å². The first-order valence-corrected chi connectivity index (χ1v) is 11.1. The third-order valence-electron chi connectivity index (χ3n) is 5.82. The van der Waals surface area contributed by atoms with Gasteiger partial charge in [0.05, 0.1) is 6.54 Å². The van der Waals surface area contributed by atoms with Crippen LogP contribution in [0.3, 0.4) is 0 Å². The number of carbonyl (C=O) groups excluding carboxylic acids is 1. The highest BCUT2D eigenvalue weighted by molar-refractivity contribution is 7.08. The van der Waals surface area contributed by atoms with Gasteiger partial charge in [-0.15, -0.1) is 0 Å². The van der Waals surface area contributed by atoms with Crippen molar-refractivity contribution in [2.24, 2.45) is 5.92 Å². The van der Waals surface area contributed by atoms with Crippen molar-refractivity contribution in [2.75, 3.05) is 26.2 Å². The molecule has 0 radical (unpaired) electrons. The second kappa shape index (κ2) is 8.97. The summed E-state index contributed by atoms with van der Waals surface area (Å²) in [6.45, 7) is 3.99. The molecule has 27 heavy (non-hydrogen) atoms. The van der Waals surface area contributed by atoms with Gasteiger partial charge < -0.3 is 9.42 Å². The number of piperazine rings is 1. The summed E-state index contributed by atoms with van der Waals surface area (Å²) in [7, 11) is 0. The SMILES string of the molecule is O=C(CCC1CCCCC1)N1CCN(Cc2nc(-c3ccsc3)no2)CC1. The Morgan fingerprint density at radius 1 is 1.19 bits per heavy atom. The van der Waals surface area contributed by atoms with E-state index in [2.05, 4.69) is 15.0 Å². The molecule has 146 valence electrons. The predicted molar refractivity (Wildman–Crippen MR) is 105 cm³/mol. The molecule has 1 amide bonds. The maximum atomic E-state index is 12.5. The summed E-state index contributed by atoms with van der Waals surface area (Å²) in [4.78, 5) is 21.3. The Labute approximate surface area is 164 Å². The lowest BCUT2D eigenvalue weighted by Crippen LogP contribution is -2.48. The van der Waals surface area contributed by atoms with E-state index in [1.54, 1.807) is 11.3 Å². The lowest BCUT2D eigenvalue weighted by Gasteiger charge is -2.34. The molecule has 1 aliphatic heterocycles. The summed E-state index contributed by atoms with van der Waals surface area (Å²) in [5.74, 6) is 2.41. The average molecular weight is 389 g/mol. The third-order valence-corrected chi connectivity index (χ3v) is 6.51. The van der Waals surface area contributed by atoms with Crippen molar-refractivity contribution < 1.29 is 9.32 Å². The maximum Gasteiger partial charge on any atom is 0.241 e. The summed E-state index contributed by atoms with van der Waals surface area (Å²) in [6.07, 6.45) is 8.51. The van der Waals surface area contributed by atoms with Gasteiger partial charge in [0.15, 0.2) is 0 Å². The minimum atomic E-state index is 0.331. The molecule has 4 rings (SSSR count). The summed E-state index contributed by atoms with van der Waals surface area (Å²) < 4.78 is 5.39. The monoisotopic (exact) mass is 388 g/mol. The topological polar surface area (TPSA) is 62.5 Å². The molecule has 1 aliphatic carbocycles.